The highest BCUT2D eigenvalue weighted by atomic mass is 15.2. The first-order valence-corrected chi connectivity index (χ1v) is 4.30. The first-order chi connectivity index (χ1) is 7.09. The molecule has 78 valence electrons. The Bertz CT molecular complexity index is 508. The molecule has 4 N–H and O–H groups in total. The molecular formula is C8H11N7. The molecular weight excluding hydrogens is 194 g/mol. The van der Waals surface area contributed by atoms with Crippen LogP contribution < -0.4 is 16.4 Å². The Morgan fingerprint density at radius 1 is 1.00 bits per heavy atom. The summed E-state index contributed by atoms with van der Waals surface area (Å²) >= 11 is 0. The molecule has 0 aliphatic rings. The fourth-order valence-electron chi connectivity index (χ4n) is 1.18. The number of nitrogens with two attached hydrogens (primary N) is 2. The van der Waals surface area contributed by atoms with Crippen LogP contribution in [0.25, 0.3) is 11.0 Å². The van der Waals surface area contributed by atoms with E-state index in [0.717, 1.165) is 0 Å². The van der Waals surface area contributed by atoms with Crippen molar-refractivity contribution in [2.24, 2.45) is 0 Å². The lowest BCUT2D eigenvalue weighted by Crippen LogP contribution is -2.14. The van der Waals surface area contributed by atoms with Gasteiger partial charge in [-0.3, -0.25) is 0 Å². The number of anilines is 3. The minimum absolute atomic E-state index is 0.303. The van der Waals surface area contributed by atoms with Crippen LogP contribution in [-0.4, -0.2) is 34.0 Å². The first-order valence-electron chi connectivity index (χ1n) is 4.30. The molecule has 0 radical (unpaired) electrons. The second-order valence-corrected chi connectivity index (χ2v) is 3.26. The minimum atomic E-state index is 0.303. The summed E-state index contributed by atoms with van der Waals surface area (Å²) in [4.78, 5) is 17.9. The van der Waals surface area contributed by atoms with E-state index in [1.807, 2.05) is 14.1 Å². The number of nitrogen functional groups attached to an aromatic ring is 2. The van der Waals surface area contributed by atoms with Crippen molar-refractivity contribution in [3.63, 3.8) is 0 Å². The molecule has 0 fully saturated rings. The van der Waals surface area contributed by atoms with Gasteiger partial charge in [0.1, 0.15) is 17.4 Å². The van der Waals surface area contributed by atoms with E-state index >= 15 is 0 Å². The van der Waals surface area contributed by atoms with Crippen molar-refractivity contribution in [2.45, 2.75) is 0 Å². The van der Waals surface area contributed by atoms with Crippen LogP contribution in [0, 0.1) is 0 Å². The Balaban J connectivity index is 2.80. The SMILES string of the molecule is CN(C)c1nc(N)c2ncnc(N)c2n1. The molecule has 0 spiro atoms. The van der Waals surface area contributed by atoms with Gasteiger partial charge in [-0.15, -0.1) is 0 Å². The summed E-state index contributed by atoms with van der Waals surface area (Å²) < 4.78 is 0. The topological polar surface area (TPSA) is 107 Å². The molecule has 0 aliphatic heterocycles. The largest absolute Gasteiger partial charge is 0.382 e. The van der Waals surface area contributed by atoms with Gasteiger partial charge in [0.2, 0.25) is 5.95 Å². The van der Waals surface area contributed by atoms with Crippen molar-refractivity contribution in [3.05, 3.63) is 6.33 Å². The molecule has 0 unspecified atom stereocenters. The number of rotatable bonds is 1. The Morgan fingerprint density at radius 3 is 2.40 bits per heavy atom. The summed E-state index contributed by atoms with van der Waals surface area (Å²) in [7, 11) is 3.64. The highest BCUT2D eigenvalue weighted by Crippen LogP contribution is 2.20. The summed E-state index contributed by atoms with van der Waals surface area (Å²) in [6.07, 6.45) is 1.34. The molecule has 2 aromatic heterocycles. The third kappa shape index (κ3) is 1.47. The summed E-state index contributed by atoms with van der Waals surface area (Å²) in [6, 6.07) is 0. The van der Waals surface area contributed by atoms with Crippen LogP contribution in [0.1, 0.15) is 0 Å². The number of fused-ring (bicyclic) bond motifs is 1. The lowest BCUT2D eigenvalue weighted by molar-refractivity contribution is 1.01. The van der Waals surface area contributed by atoms with Gasteiger partial charge in [-0.05, 0) is 0 Å². The fraction of sp³-hybridized carbons (Fsp3) is 0.250. The van der Waals surface area contributed by atoms with Crippen LogP contribution in [-0.2, 0) is 0 Å². The zero-order valence-electron chi connectivity index (χ0n) is 8.47. The van der Waals surface area contributed by atoms with E-state index in [-0.39, 0.29) is 0 Å². The minimum Gasteiger partial charge on any atom is -0.382 e. The molecule has 0 bridgehead atoms. The number of hydrogen-bond donors (Lipinski definition) is 2. The molecule has 2 heterocycles. The van der Waals surface area contributed by atoms with Gasteiger partial charge >= 0.3 is 0 Å². The molecule has 0 aromatic carbocycles. The highest BCUT2D eigenvalue weighted by Gasteiger charge is 2.10. The maximum Gasteiger partial charge on any atom is 0.227 e. The van der Waals surface area contributed by atoms with Gasteiger partial charge < -0.3 is 16.4 Å². The van der Waals surface area contributed by atoms with Crippen molar-refractivity contribution in [3.8, 4) is 0 Å². The Morgan fingerprint density at radius 2 is 1.73 bits per heavy atom. The predicted octanol–water partition coefficient (Wildman–Crippen LogP) is -0.350. The third-order valence-electron chi connectivity index (χ3n) is 1.93. The average Bonchev–Trinajstić information content (AvgIpc) is 2.19. The number of hydrogen-bond acceptors (Lipinski definition) is 7. The van der Waals surface area contributed by atoms with Gasteiger partial charge in [0.25, 0.3) is 0 Å². The van der Waals surface area contributed by atoms with Gasteiger partial charge in [0.15, 0.2) is 11.6 Å². The first kappa shape index (κ1) is 9.38. The molecule has 15 heavy (non-hydrogen) atoms. The fourth-order valence-corrected chi connectivity index (χ4v) is 1.18. The third-order valence-corrected chi connectivity index (χ3v) is 1.93. The van der Waals surface area contributed by atoms with E-state index in [0.29, 0.717) is 28.6 Å². The van der Waals surface area contributed by atoms with E-state index in [1.54, 1.807) is 4.90 Å². The van der Waals surface area contributed by atoms with Crippen LogP contribution in [0.3, 0.4) is 0 Å². The smallest absolute Gasteiger partial charge is 0.227 e. The highest BCUT2D eigenvalue weighted by molar-refractivity contribution is 5.91. The molecule has 2 aromatic rings. The molecule has 7 heteroatoms. The molecule has 0 aliphatic carbocycles. The average molecular weight is 205 g/mol. The normalized spacial score (nSPS) is 10.5. The van der Waals surface area contributed by atoms with Crippen molar-refractivity contribution in [2.75, 3.05) is 30.5 Å². The standard InChI is InChI=1S/C8H11N7/c1-15(2)8-13-5-4(7(10)14-8)11-3-12-6(5)9/h3H,1-2H3,(H2,9,11,12)(H2,10,13,14). The molecule has 2 rings (SSSR count). The molecule has 0 saturated carbocycles. The van der Waals surface area contributed by atoms with Crippen LogP contribution in [0.5, 0.6) is 0 Å². The van der Waals surface area contributed by atoms with Crippen LogP contribution in [0.2, 0.25) is 0 Å². The van der Waals surface area contributed by atoms with E-state index in [4.69, 9.17) is 11.5 Å². The molecule has 7 nitrogen and oxygen atoms in total. The van der Waals surface area contributed by atoms with E-state index < -0.39 is 0 Å². The van der Waals surface area contributed by atoms with Gasteiger partial charge in [0.05, 0.1) is 0 Å². The predicted molar refractivity (Wildman–Crippen MR) is 58.3 cm³/mol. The Labute approximate surface area is 86.2 Å². The second kappa shape index (κ2) is 3.19. The number of aromatic nitrogens is 4. The Kier molecular flexibility index (Phi) is 2.00. The quantitative estimate of drug-likeness (QED) is 0.655. The summed E-state index contributed by atoms with van der Waals surface area (Å²) in [6.45, 7) is 0. The van der Waals surface area contributed by atoms with Crippen molar-refractivity contribution >= 4 is 28.6 Å². The number of nitrogens with zero attached hydrogens (tertiary/aromatic N) is 5. The van der Waals surface area contributed by atoms with Gasteiger partial charge in [-0.25, -0.2) is 15.0 Å². The van der Waals surface area contributed by atoms with E-state index in [9.17, 15) is 0 Å². The van der Waals surface area contributed by atoms with Crippen molar-refractivity contribution < 1.29 is 0 Å². The summed E-state index contributed by atoms with van der Waals surface area (Å²) in [5.74, 6) is 1.09. The van der Waals surface area contributed by atoms with Gasteiger partial charge in [0, 0.05) is 14.1 Å². The summed E-state index contributed by atoms with van der Waals surface area (Å²) in [5.41, 5.74) is 12.4. The zero-order valence-corrected chi connectivity index (χ0v) is 8.47. The van der Waals surface area contributed by atoms with Crippen molar-refractivity contribution in [1.29, 1.82) is 0 Å². The van der Waals surface area contributed by atoms with Gasteiger partial charge in [-0.1, -0.05) is 0 Å². The summed E-state index contributed by atoms with van der Waals surface area (Å²) in [5, 5.41) is 0. The van der Waals surface area contributed by atoms with E-state index in [1.165, 1.54) is 6.33 Å². The molecule has 0 atom stereocenters. The van der Waals surface area contributed by atoms with Gasteiger partial charge in [-0.2, -0.15) is 4.98 Å². The lowest BCUT2D eigenvalue weighted by Gasteiger charge is -2.11. The second-order valence-electron chi connectivity index (χ2n) is 3.26. The molecule has 0 saturated heterocycles. The maximum absolute atomic E-state index is 5.74. The zero-order chi connectivity index (χ0) is 11.0. The van der Waals surface area contributed by atoms with Crippen LogP contribution >= 0.6 is 0 Å². The van der Waals surface area contributed by atoms with Crippen molar-refractivity contribution in [1.82, 2.24) is 19.9 Å². The van der Waals surface area contributed by atoms with Crippen LogP contribution in [0.4, 0.5) is 17.6 Å². The van der Waals surface area contributed by atoms with E-state index in [2.05, 4.69) is 19.9 Å². The monoisotopic (exact) mass is 205 g/mol. The van der Waals surface area contributed by atoms with Crippen LogP contribution in [0.15, 0.2) is 6.33 Å². The lowest BCUT2D eigenvalue weighted by atomic mass is 10.4. The maximum atomic E-state index is 5.74. The Hall–Kier alpha value is -2.18. The molecule has 0 amide bonds.